The maximum Gasteiger partial charge on any atom is 0.264 e. The topological polar surface area (TPSA) is 84.2 Å². The molecule has 0 saturated carbocycles. The van der Waals surface area contributed by atoms with Gasteiger partial charge in [-0.2, -0.15) is 5.26 Å². The minimum atomic E-state index is -0.310. The van der Waals surface area contributed by atoms with Crippen LogP contribution in [-0.4, -0.2) is 24.6 Å². The van der Waals surface area contributed by atoms with Crippen molar-refractivity contribution < 1.29 is 14.3 Å². The minimum absolute atomic E-state index is 0.138. The van der Waals surface area contributed by atoms with Crippen molar-refractivity contribution in [1.82, 2.24) is 4.98 Å². The Labute approximate surface area is 171 Å². The van der Waals surface area contributed by atoms with Gasteiger partial charge in [0, 0.05) is 10.9 Å². The van der Waals surface area contributed by atoms with Gasteiger partial charge in [0.15, 0.2) is 11.7 Å². The molecule has 0 radical (unpaired) electrons. The fraction of sp³-hybridized carbons (Fsp3) is 0.150. The largest absolute Gasteiger partial charge is 0.495 e. The van der Waals surface area contributed by atoms with E-state index in [1.165, 1.54) is 11.3 Å². The minimum Gasteiger partial charge on any atom is -0.495 e. The van der Waals surface area contributed by atoms with E-state index in [-0.39, 0.29) is 12.5 Å². The van der Waals surface area contributed by atoms with E-state index in [0.29, 0.717) is 33.8 Å². The van der Waals surface area contributed by atoms with Crippen LogP contribution in [-0.2, 0) is 11.2 Å². The number of hydrogen-bond acceptors (Lipinski definition) is 6. The lowest BCUT2D eigenvalue weighted by Crippen LogP contribution is -2.20. The van der Waals surface area contributed by atoms with E-state index < -0.39 is 0 Å². The van der Waals surface area contributed by atoms with E-state index in [0.717, 1.165) is 11.1 Å². The summed E-state index contributed by atoms with van der Waals surface area (Å²) in [4.78, 5) is 16.5. The van der Waals surface area contributed by atoms with Crippen LogP contribution in [0.15, 0.2) is 47.8 Å². The first-order valence-corrected chi connectivity index (χ1v) is 9.53. The van der Waals surface area contributed by atoms with Gasteiger partial charge in [0.05, 0.1) is 30.3 Å². The Kier molecular flexibility index (Phi) is 6.48. The van der Waals surface area contributed by atoms with E-state index >= 15 is 0 Å². The molecule has 0 saturated heterocycles. The smallest absolute Gasteiger partial charge is 0.264 e. The van der Waals surface area contributed by atoms with Gasteiger partial charge in [-0.05, 0) is 35.9 Å². The number of benzene rings is 2. The number of aromatic nitrogens is 1. The van der Waals surface area contributed by atoms with Crippen LogP contribution in [0, 0.1) is 11.3 Å². The number of halogens is 1. The molecule has 6 nitrogen and oxygen atoms in total. The second-order valence-electron chi connectivity index (χ2n) is 5.70. The molecule has 0 aliphatic rings. The SMILES string of the molecule is COc1ccc(-c2csc(NC(=O)COc3ccc(CC#N)cc3)n2)cc1Cl. The zero-order valence-corrected chi connectivity index (χ0v) is 16.5. The lowest BCUT2D eigenvalue weighted by molar-refractivity contribution is -0.118. The van der Waals surface area contributed by atoms with Crippen LogP contribution in [0.5, 0.6) is 11.5 Å². The second-order valence-corrected chi connectivity index (χ2v) is 6.97. The quantitative estimate of drug-likeness (QED) is 0.614. The molecule has 142 valence electrons. The Morgan fingerprint density at radius 3 is 2.75 bits per heavy atom. The van der Waals surface area contributed by atoms with Crippen LogP contribution in [0.25, 0.3) is 11.3 Å². The Balaban J connectivity index is 1.56. The number of thiazole rings is 1. The van der Waals surface area contributed by atoms with Crippen LogP contribution in [0.2, 0.25) is 5.02 Å². The summed E-state index contributed by atoms with van der Waals surface area (Å²) in [5.74, 6) is 0.839. The van der Waals surface area contributed by atoms with Crippen LogP contribution >= 0.6 is 22.9 Å². The van der Waals surface area contributed by atoms with Crippen molar-refractivity contribution in [2.24, 2.45) is 0 Å². The third kappa shape index (κ3) is 5.00. The van der Waals surface area contributed by atoms with Crippen molar-refractivity contribution in [3.63, 3.8) is 0 Å². The first-order valence-electron chi connectivity index (χ1n) is 8.27. The zero-order chi connectivity index (χ0) is 19.9. The molecular formula is C20H16ClN3O3S. The van der Waals surface area contributed by atoms with Crippen LogP contribution in [0.4, 0.5) is 5.13 Å². The Morgan fingerprint density at radius 2 is 2.07 bits per heavy atom. The summed E-state index contributed by atoms with van der Waals surface area (Å²) in [5, 5.41) is 14.2. The highest BCUT2D eigenvalue weighted by Gasteiger charge is 2.10. The maximum atomic E-state index is 12.1. The molecule has 1 N–H and O–H groups in total. The molecule has 0 bridgehead atoms. The Morgan fingerprint density at radius 1 is 1.29 bits per heavy atom. The van der Waals surface area contributed by atoms with Gasteiger partial charge in [0.25, 0.3) is 5.91 Å². The molecule has 0 aliphatic heterocycles. The van der Waals surface area contributed by atoms with Crippen molar-refractivity contribution in [3.8, 4) is 28.8 Å². The van der Waals surface area contributed by atoms with Gasteiger partial charge in [0.2, 0.25) is 0 Å². The van der Waals surface area contributed by atoms with Crippen LogP contribution < -0.4 is 14.8 Å². The molecule has 0 spiro atoms. The summed E-state index contributed by atoms with van der Waals surface area (Å²) in [6.45, 7) is -0.138. The number of ether oxygens (including phenoxy) is 2. The predicted molar refractivity (Wildman–Crippen MR) is 109 cm³/mol. The number of amides is 1. The van der Waals surface area contributed by atoms with E-state index in [2.05, 4.69) is 16.4 Å². The fourth-order valence-corrected chi connectivity index (χ4v) is 3.38. The highest BCUT2D eigenvalue weighted by atomic mass is 35.5. The summed E-state index contributed by atoms with van der Waals surface area (Å²) in [6.07, 6.45) is 0.340. The number of nitrogens with one attached hydrogen (secondary N) is 1. The normalized spacial score (nSPS) is 10.2. The number of nitriles is 1. The second kappa shape index (κ2) is 9.22. The third-order valence-corrected chi connectivity index (χ3v) is 4.83. The van der Waals surface area contributed by atoms with Crippen molar-refractivity contribution in [2.75, 3.05) is 19.0 Å². The Bertz CT molecular complexity index is 1010. The highest BCUT2D eigenvalue weighted by molar-refractivity contribution is 7.14. The van der Waals surface area contributed by atoms with Crippen LogP contribution in [0.1, 0.15) is 5.56 Å². The molecule has 2 aromatic carbocycles. The van der Waals surface area contributed by atoms with E-state index in [4.69, 9.17) is 26.3 Å². The number of nitrogens with zero attached hydrogens (tertiary/aromatic N) is 2. The number of carbonyl (C=O) groups excluding carboxylic acids is 1. The first-order chi connectivity index (χ1) is 13.6. The van der Waals surface area contributed by atoms with Crippen LogP contribution in [0.3, 0.4) is 0 Å². The van der Waals surface area contributed by atoms with Gasteiger partial charge in [-0.3, -0.25) is 10.1 Å². The molecule has 1 amide bonds. The lowest BCUT2D eigenvalue weighted by atomic mass is 10.2. The molecule has 3 aromatic rings. The average Bonchev–Trinajstić information content (AvgIpc) is 3.16. The number of carbonyl (C=O) groups is 1. The number of hydrogen-bond donors (Lipinski definition) is 1. The van der Waals surface area contributed by atoms with Gasteiger partial charge in [-0.1, -0.05) is 23.7 Å². The fourth-order valence-electron chi connectivity index (χ4n) is 2.39. The standard InChI is InChI=1S/C20H16ClN3O3S/c1-26-18-7-4-14(10-16(18)21)17-12-28-20(23-17)24-19(25)11-27-15-5-2-13(3-6-15)8-9-22/h2-7,10,12H,8,11H2,1H3,(H,23,24,25). The molecule has 0 aliphatic carbocycles. The summed E-state index contributed by atoms with van der Waals surface area (Å²) in [6, 6.07) is 14.5. The average molecular weight is 414 g/mol. The predicted octanol–water partition coefficient (Wildman–Crippen LogP) is 4.56. The van der Waals surface area contributed by atoms with Crippen molar-refractivity contribution in [3.05, 3.63) is 58.4 Å². The van der Waals surface area contributed by atoms with E-state index in [1.54, 1.807) is 43.5 Å². The summed E-state index contributed by atoms with van der Waals surface area (Å²) in [7, 11) is 1.56. The Hall–Kier alpha value is -3.08. The molecule has 1 aromatic heterocycles. The van der Waals surface area contributed by atoms with Gasteiger partial charge in [-0.25, -0.2) is 4.98 Å². The third-order valence-electron chi connectivity index (χ3n) is 3.77. The van der Waals surface area contributed by atoms with E-state index in [9.17, 15) is 4.79 Å². The van der Waals surface area contributed by atoms with Gasteiger partial charge >= 0.3 is 0 Å². The monoisotopic (exact) mass is 413 g/mol. The summed E-state index contributed by atoms with van der Waals surface area (Å²) >= 11 is 7.46. The molecule has 0 fully saturated rings. The van der Waals surface area contributed by atoms with E-state index in [1.807, 2.05) is 11.4 Å². The van der Waals surface area contributed by atoms with Crippen molar-refractivity contribution in [2.45, 2.75) is 6.42 Å². The number of rotatable bonds is 7. The number of anilines is 1. The molecule has 1 heterocycles. The molecular weight excluding hydrogens is 398 g/mol. The van der Waals surface area contributed by atoms with Gasteiger partial charge in [-0.15, -0.1) is 11.3 Å². The number of methoxy groups -OCH3 is 1. The van der Waals surface area contributed by atoms with Crippen molar-refractivity contribution in [1.29, 1.82) is 5.26 Å². The molecule has 8 heteroatoms. The summed E-state index contributed by atoms with van der Waals surface area (Å²) < 4.78 is 10.6. The van der Waals surface area contributed by atoms with Gasteiger partial charge in [0.1, 0.15) is 11.5 Å². The van der Waals surface area contributed by atoms with Crippen molar-refractivity contribution >= 4 is 34.0 Å². The maximum absolute atomic E-state index is 12.1. The zero-order valence-electron chi connectivity index (χ0n) is 14.9. The molecule has 28 heavy (non-hydrogen) atoms. The molecule has 3 rings (SSSR count). The first kappa shape index (κ1) is 19.7. The van der Waals surface area contributed by atoms with Gasteiger partial charge < -0.3 is 9.47 Å². The highest BCUT2D eigenvalue weighted by Crippen LogP contribution is 2.31. The molecule has 0 atom stereocenters. The summed E-state index contributed by atoms with van der Waals surface area (Å²) in [5.41, 5.74) is 2.43. The lowest BCUT2D eigenvalue weighted by Gasteiger charge is -2.06. The molecule has 0 unspecified atom stereocenters.